The number of hydrogen-bond donors (Lipinski definition) is 2. The van der Waals surface area contributed by atoms with Crippen LogP contribution in [-0.2, 0) is 11.2 Å². The van der Waals surface area contributed by atoms with E-state index in [4.69, 9.17) is 20.9 Å². The highest BCUT2D eigenvalue weighted by Crippen LogP contribution is 2.24. The summed E-state index contributed by atoms with van der Waals surface area (Å²) in [6.45, 7) is 0. The van der Waals surface area contributed by atoms with Crippen molar-refractivity contribution in [2.45, 2.75) is 12.8 Å². The zero-order valence-corrected chi connectivity index (χ0v) is 19.0. The number of hydrogen-bond acceptors (Lipinski definition) is 6. The van der Waals surface area contributed by atoms with Crippen molar-refractivity contribution in [2.75, 3.05) is 17.7 Å². The summed E-state index contributed by atoms with van der Waals surface area (Å²) in [4.78, 5) is 29.1. The van der Waals surface area contributed by atoms with Gasteiger partial charge in [0.15, 0.2) is 0 Å². The topological polar surface area (TPSA) is 106 Å². The van der Waals surface area contributed by atoms with Crippen LogP contribution in [0.2, 0.25) is 5.02 Å². The number of nitrogens with zero attached hydrogens (tertiary/aromatic N) is 2. The fourth-order valence-electron chi connectivity index (χ4n) is 3.16. The molecule has 2 N–H and O–H groups in total. The van der Waals surface area contributed by atoms with E-state index in [9.17, 15) is 9.59 Å². The van der Waals surface area contributed by atoms with E-state index < -0.39 is 0 Å². The monoisotopic (exact) mass is 476 g/mol. The lowest BCUT2D eigenvalue weighted by molar-refractivity contribution is -0.116. The molecule has 0 aliphatic carbocycles. The second-order valence-electron chi connectivity index (χ2n) is 7.30. The number of aryl methyl sites for hydroxylation is 1. The Morgan fingerprint density at radius 1 is 0.971 bits per heavy atom. The van der Waals surface area contributed by atoms with Gasteiger partial charge >= 0.3 is 0 Å². The Balaban J connectivity index is 1.29. The van der Waals surface area contributed by atoms with Gasteiger partial charge in [-0.25, -0.2) is 0 Å². The van der Waals surface area contributed by atoms with Crippen molar-refractivity contribution in [3.8, 4) is 17.1 Å². The number of nitrogens with one attached hydrogen (secondary N) is 2. The van der Waals surface area contributed by atoms with Crippen LogP contribution in [0.25, 0.3) is 11.4 Å². The quantitative estimate of drug-likeness (QED) is 0.361. The molecule has 0 saturated heterocycles. The highest BCUT2D eigenvalue weighted by Gasteiger charge is 2.12. The summed E-state index contributed by atoms with van der Waals surface area (Å²) < 4.78 is 10.5. The zero-order chi connectivity index (χ0) is 23.9. The standard InChI is InChI=1S/C25H21ClN4O4/c1-33-21-5-3-2-4-20(21)28-25(32)17-8-12-19(13-9-17)27-22(31)14-15-23-29-24(30-34-23)16-6-10-18(26)11-7-16/h2-13H,14-15H2,1H3,(H,27,31)(H,28,32). The number of methoxy groups -OCH3 is 1. The molecule has 0 radical (unpaired) electrons. The number of aromatic nitrogens is 2. The number of carbonyl (C=O) groups excluding carboxylic acids is 2. The van der Waals surface area contributed by atoms with Gasteiger partial charge in [-0.05, 0) is 60.7 Å². The summed E-state index contributed by atoms with van der Waals surface area (Å²) >= 11 is 5.89. The largest absolute Gasteiger partial charge is 0.495 e. The van der Waals surface area contributed by atoms with Crippen LogP contribution in [0.3, 0.4) is 0 Å². The summed E-state index contributed by atoms with van der Waals surface area (Å²) in [5.41, 5.74) is 2.38. The Morgan fingerprint density at radius 3 is 2.44 bits per heavy atom. The van der Waals surface area contributed by atoms with Gasteiger partial charge in [-0.2, -0.15) is 4.98 Å². The molecule has 0 saturated carbocycles. The van der Waals surface area contributed by atoms with Gasteiger partial charge in [0.25, 0.3) is 5.91 Å². The average molecular weight is 477 g/mol. The molecule has 3 aromatic carbocycles. The number of ether oxygens (including phenoxy) is 1. The molecule has 1 heterocycles. The van der Waals surface area contributed by atoms with Crippen LogP contribution < -0.4 is 15.4 Å². The number of benzene rings is 3. The molecule has 0 aliphatic rings. The van der Waals surface area contributed by atoms with Crippen molar-refractivity contribution < 1.29 is 18.8 Å². The van der Waals surface area contributed by atoms with Crippen LogP contribution in [0.15, 0.2) is 77.3 Å². The molecule has 0 bridgehead atoms. The Hall–Kier alpha value is -4.17. The summed E-state index contributed by atoms with van der Waals surface area (Å²) in [6, 6.07) is 20.8. The van der Waals surface area contributed by atoms with E-state index in [2.05, 4.69) is 20.8 Å². The SMILES string of the molecule is COc1ccccc1NC(=O)c1ccc(NC(=O)CCc2nc(-c3ccc(Cl)cc3)no2)cc1. The van der Waals surface area contributed by atoms with E-state index in [1.165, 1.54) is 0 Å². The summed E-state index contributed by atoms with van der Waals surface area (Å²) in [5, 5.41) is 10.2. The Morgan fingerprint density at radius 2 is 1.71 bits per heavy atom. The summed E-state index contributed by atoms with van der Waals surface area (Å²) in [7, 11) is 1.54. The fraction of sp³-hybridized carbons (Fsp3) is 0.120. The van der Waals surface area contributed by atoms with Crippen molar-refractivity contribution in [2.24, 2.45) is 0 Å². The summed E-state index contributed by atoms with van der Waals surface area (Å²) in [5.74, 6) is 0.881. The van der Waals surface area contributed by atoms with Crippen molar-refractivity contribution in [3.63, 3.8) is 0 Å². The first-order chi connectivity index (χ1) is 16.5. The van der Waals surface area contributed by atoms with Gasteiger partial charge in [0.05, 0.1) is 12.8 Å². The third-order valence-electron chi connectivity index (χ3n) is 4.92. The molecule has 172 valence electrons. The highest BCUT2D eigenvalue weighted by atomic mass is 35.5. The number of amides is 2. The van der Waals surface area contributed by atoms with Crippen LogP contribution in [0.5, 0.6) is 5.75 Å². The molecular weight excluding hydrogens is 456 g/mol. The van der Waals surface area contributed by atoms with Crippen LogP contribution in [-0.4, -0.2) is 29.1 Å². The maximum Gasteiger partial charge on any atom is 0.255 e. The minimum atomic E-state index is -0.282. The number of halogens is 1. The normalized spacial score (nSPS) is 10.5. The maximum absolute atomic E-state index is 12.5. The van der Waals surface area contributed by atoms with E-state index in [0.717, 1.165) is 5.56 Å². The van der Waals surface area contributed by atoms with Gasteiger partial charge in [0, 0.05) is 34.7 Å². The third kappa shape index (κ3) is 5.79. The Bertz CT molecular complexity index is 1290. The lowest BCUT2D eigenvalue weighted by Crippen LogP contribution is -2.14. The van der Waals surface area contributed by atoms with Crippen molar-refractivity contribution in [1.82, 2.24) is 10.1 Å². The maximum atomic E-state index is 12.5. The predicted molar refractivity (Wildman–Crippen MR) is 129 cm³/mol. The van der Waals surface area contributed by atoms with Crippen LogP contribution in [0.4, 0.5) is 11.4 Å². The lowest BCUT2D eigenvalue weighted by atomic mass is 10.1. The van der Waals surface area contributed by atoms with E-state index in [0.29, 0.717) is 45.8 Å². The highest BCUT2D eigenvalue weighted by molar-refractivity contribution is 6.30. The van der Waals surface area contributed by atoms with Gasteiger partial charge in [0.2, 0.25) is 17.6 Å². The summed E-state index contributed by atoms with van der Waals surface area (Å²) in [6.07, 6.45) is 0.462. The van der Waals surface area contributed by atoms with Gasteiger partial charge in [-0.1, -0.05) is 28.9 Å². The molecular formula is C25H21ClN4O4. The van der Waals surface area contributed by atoms with Gasteiger partial charge < -0.3 is 19.9 Å². The Kier molecular flexibility index (Phi) is 7.19. The number of para-hydroxylation sites is 2. The lowest BCUT2D eigenvalue weighted by Gasteiger charge is -2.10. The molecule has 0 atom stereocenters. The van der Waals surface area contributed by atoms with Crippen LogP contribution in [0, 0.1) is 0 Å². The van der Waals surface area contributed by atoms with Gasteiger partial charge in [-0.3, -0.25) is 9.59 Å². The molecule has 4 rings (SSSR count). The third-order valence-corrected chi connectivity index (χ3v) is 5.17. The molecule has 0 unspecified atom stereocenters. The second kappa shape index (κ2) is 10.6. The fourth-order valence-corrected chi connectivity index (χ4v) is 3.29. The van der Waals surface area contributed by atoms with E-state index >= 15 is 0 Å². The minimum absolute atomic E-state index is 0.165. The molecule has 4 aromatic rings. The molecule has 2 amide bonds. The zero-order valence-electron chi connectivity index (χ0n) is 18.2. The number of anilines is 2. The molecule has 0 spiro atoms. The van der Waals surface area contributed by atoms with Crippen LogP contribution in [0.1, 0.15) is 22.7 Å². The van der Waals surface area contributed by atoms with Crippen LogP contribution >= 0.6 is 11.6 Å². The van der Waals surface area contributed by atoms with Crippen molar-refractivity contribution >= 4 is 34.8 Å². The molecule has 34 heavy (non-hydrogen) atoms. The van der Waals surface area contributed by atoms with E-state index in [1.54, 1.807) is 67.8 Å². The average Bonchev–Trinajstić information content (AvgIpc) is 3.33. The Labute approximate surface area is 200 Å². The second-order valence-corrected chi connectivity index (χ2v) is 7.73. The molecule has 0 aliphatic heterocycles. The predicted octanol–water partition coefficient (Wildman–Crippen LogP) is 5.22. The molecule has 0 fully saturated rings. The number of carbonyl (C=O) groups is 2. The van der Waals surface area contributed by atoms with Gasteiger partial charge in [0.1, 0.15) is 5.75 Å². The molecule has 8 nitrogen and oxygen atoms in total. The first-order valence-corrected chi connectivity index (χ1v) is 10.8. The number of rotatable bonds is 8. The van der Waals surface area contributed by atoms with Crippen molar-refractivity contribution in [1.29, 1.82) is 0 Å². The van der Waals surface area contributed by atoms with E-state index in [1.807, 2.05) is 12.1 Å². The minimum Gasteiger partial charge on any atom is -0.495 e. The molecule has 1 aromatic heterocycles. The van der Waals surface area contributed by atoms with Gasteiger partial charge in [-0.15, -0.1) is 0 Å². The first kappa shape index (κ1) is 23.0. The van der Waals surface area contributed by atoms with E-state index in [-0.39, 0.29) is 18.2 Å². The first-order valence-electron chi connectivity index (χ1n) is 10.4. The van der Waals surface area contributed by atoms with Crippen molar-refractivity contribution in [3.05, 3.63) is 89.3 Å². The smallest absolute Gasteiger partial charge is 0.255 e. The molecule has 9 heteroatoms.